The minimum absolute atomic E-state index is 0.140. The molecule has 6 nitrogen and oxygen atoms in total. The molecule has 2 N–H and O–H groups in total. The van der Waals surface area contributed by atoms with E-state index in [1.54, 1.807) is 36.3 Å². The molecule has 0 saturated carbocycles. The van der Waals surface area contributed by atoms with Crippen LogP contribution in [-0.4, -0.2) is 41.4 Å². The second-order valence-corrected chi connectivity index (χ2v) is 6.64. The lowest BCUT2D eigenvalue weighted by molar-refractivity contribution is -0.119. The number of aromatic nitrogens is 1. The summed E-state index contributed by atoms with van der Waals surface area (Å²) in [6, 6.07) is 16.3. The molecule has 4 rings (SSSR count). The average molecular weight is 363 g/mol. The van der Waals surface area contributed by atoms with Crippen LogP contribution in [0.5, 0.6) is 5.75 Å². The summed E-state index contributed by atoms with van der Waals surface area (Å²) in [5.41, 5.74) is 2.12. The van der Waals surface area contributed by atoms with Gasteiger partial charge in [-0.2, -0.15) is 0 Å². The molecule has 1 aliphatic rings. The third-order valence-corrected chi connectivity index (χ3v) is 4.93. The minimum Gasteiger partial charge on any atom is -0.497 e. The number of nitrogens with zero attached hydrogens (tertiary/aromatic N) is 1. The van der Waals surface area contributed by atoms with E-state index in [4.69, 9.17) is 4.74 Å². The number of benzene rings is 2. The number of rotatable bonds is 4. The molecule has 1 unspecified atom stereocenters. The highest BCUT2D eigenvalue weighted by molar-refractivity contribution is 6.03. The van der Waals surface area contributed by atoms with Gasteiger partial charge in [-0.1, -0.05) is 18.2 Å². The zero-order valence-electron chi connectivity index (χ0n) is 15.1. The van der Waals surface area contributed by atoms with Crippen molar-refractivity contribution in [1.82, 2.24) is 9.88 Å². The number of fused-ring (bicyclic) bond motifs is 1. The number of anilines is 1. The molecule has 2 heterocycles. The first-order chi connectivity index (χ1) is 13.2. The fourth-order valence-electron chi connectivity index (χ4n) is 3.53. The van der Waals surface area contributed by atoms with Gasteiger partial charge in [-0.05, 0) is 49.2 Å². The number of aromatic amines is 1. The topological polar surface area (TPSA) is 74.4 Å². The van der Waals surface area contributed by atoms with E-state index in [0.29, 0.717) is 24.3 Å². The number of likely N-dealkylation sites (tertiary alicyclic amines) is 1. The van der Waals surface area contributed by atoms with Gasteiger partial charge in [-0.15, -0.1) is 0 Å². The normalized spacial score (nSPS) is 16.5. The Labute approximate surface area is 157 Å². The molecule has 3 aromatic rings. The van der Waals surface area contributed by atoms with Gasteiger partial charge in [0.1, 0.15) is 17.5 Å². The Morgan fingerprint density at radius 2 is 1.93 bits per heavy atom. The Balaban J connectivity index is 1.50. The van der Waals surface area contributed by atoms with Crippen LogP contribution in [0.1, 0.15) is 23.3 Å². The monoisotopic (exact) mass is 363 g/mol. The molecule has 6 heteroatoms. The standard InChI is InChI=1S/C21H21N3O3/c1-27-16-10-8-15(9-11-16)22-20(25)19-7-4-12-24(19)21(26)18-13-14-5-2-3-6-17(14)23-18/h2-3,5-6,8-11,13,19,23H,4,7,12H2,1H3,(H,22,25). The van der Waals surface area contributed by atoms with E-state index < -0.39 is 6.04 Å². The third-order valence-electron chi connectivity index (χ3n) is 4.93. The van der Waals surface area contributed by atoms with Crippen LogP contribution in [0.15, 0.2) is 54.6 Å². The van der Waals surface area contributed by atoms with Crippen molar-refractivity contribution in [2.75, 3.05) is 19.0 Å². The molecule has 27 heavy (non-hydrogen) atoms. The Bertz CT molecular complexity index is 945. The number of carbonyl (C=O) groups excluding carboxylic acids is 2. The van der Waals surface area contributed by atoms with Gasteiger partial charge in [0.25, 0.3) is 5.91 Å². The molecular formula is C21H21N3O3. The van der Waals surface area contributed by atoms with Crippen LogP contribution >= 0.6 is 0 Å². The number of ether oxygens (including phenoxy) is 1. The van der Waals surface area contributed by atoms with E-state index in [1.807, 2.05) is 30.3 Å². The Kier molecular flexibility index (Phi) is 4.54. The molecule has 1 fully saturated rings. The van der Waals surface area contributed by atoms with Crippen LogP contribution in [0, 0.1) is 0 Å². The number of methoxy groups -OCH3 is 1. The van der Waals surface area contributed by atoms with Crippen LogP contribution < -0.4 is 10.1 Å². The number of H-pyrrole nitrogens is 1. The predicted molar refractivity (Wildman–Crippen MR) is 104 cm³/mol. The van der Waals surface area contributed by atoms with Crippen molar-refractivity contribution < 1.29 is 14.3 Å². The van der Waals surface area contributed by atoms with Crippen molar-refractivity contribution in [2.24, 2.45) is 0 Å². The highest BCUT2D eigenvalue weighted by atomic mass is 16.5. The summed E-state index contributed by atoms with van der Waals surface area (Å²) >= 11 is 0. The van der Waals surface area contributed by atoms with Gasteiger partial charge in [0.15, 0.2) is 0 Å². The zero-order chi connectivity index (χ0) is 18.8. The highest BCUT2D eigenvalue weighted by Gasteiger charge is 2.35. The third kappa shape index (κ3) is 3.38. The highest BCUT2D eigenvalue weighted by Crippen LogP contribution is 2.24. The van der Waals surface area contributed by atoms with E-state index in [1.165, 1.54) is 0 Å². The summed E-state index contributed by atoms with van der Waals surface area (Å²) in [5.74, 6) is 0.421. The molecule has 1 saturated heterocycles. The van der Waals surface area contributed by atoms with E-state index in [9.17, 15) is 9.59 Å². The maximum absolute atomic E-state index is 13.0. The number of hydrogen-bond donors (Lipinski definition) is 2. The van der Waals surface area contributed by atoms with E-state index in [2.05, 4.69) is 10.3 Å². The molecule has 0 aliphatic carbocycles. The molecule has 0 spiro atoms. The summed E-state index contributed by atoms with van der Waals surface area (Å²) in [6.07, 6.45) is 1.47. The predicted octanol–water partition coefficient (Wildman–Crippen LogP) is 3.42. The van der Waals surface area contributed by atoms with Crippen molar-refractivity contribution in [3.8, 4) is 5.75 Å². The van der Waals surface area contributed by atoms with Crippen molar-refractivity contribution in [2.45, 2.75) is 18.9 Å². The molecular weight excluding hydrogens is 342 g/mol. The largest absolute Gasteiger partial charge is 0.497 e. The number of amides is 2. The SMILES string of the molecule is COc1ccc(NC(=O)C2CCCN2C(=O)c2cc3ccccc3[nH]2)cc1. The fourth-order valence-corrected chi connectivity index (χ4v) is 3.53. The zero-order valence-corrected chi connectivity index (χ0v) is 15.1. The smallest absolute Gasteiger partial charge is 0.270 e. The molecule has 1 aromatic heterocycles. The van der Waals surface area contributed by atoms with Gasteiger partial charge in [-0.25, -0.2) is 0 Å². The van der Waals surface area contributed by atoms with Crippen LogP contribution in [-0.2, 0) is 4.79 Å². The van der Waals surface area contributed by atoms with Crippen LogP contribution in [0.3, 0.4) is 0 Å². The lowest BCUT2D eigenvalue weighted by Crippen LogP contribution is -2.43. The van der Waals surface area contributed by atoms with Gasteiger partial charge in [0.05, 0.1) is 7.11 Å². The summed E-state index contributed by atoms with van der Waals surface area (Å²) in [4.78, 5) is 30.5. The molecule has 138 valence electrons. The van der Waals surface area contributed by atoms with Gasteiger partial charge >= 0.3 is 0 Å². The summed E-state index contributed by atoms with van der Waals surface area (Å²) in [6.45, 7) is 0.578. The van der Waals surface area contributed by atoms with E-state index in [0.717, 1.165) is 23.1 Å². The van der Waals surface area contributed by atoms with Crippen molar-refractivity contribution in [3.63, 3.8) is 0 Å². The van der Waals surface area contributed by atoms with Gasteiger partial charge in [-0.3, -0.25) is 9.59 Å². The second-order valence-electron chi connectivity index (χ2n) is 6.64. The summed E-state index contributed by atoms with van der Waals surface area (Å²) in [5, 5.41) is 3.88. The fraction of sp³-hybridized carbons (Fsp3) is 0.238. The number of hydrogen-bond acceptors (Lipinski definition) is 3. The first-order valence-electron chi connectivity index (χ1n) is 8.99. The number of para-hydroxylation sites is 1. The van der Waals surface area contributed by atoms with Crippen molar-refractivity contribution in [3.05, 3.63) is 60.3 Å². The van der Waals surface area contributed by atoms with Crippen LogP contribution in [0.2, 0.25) is 0 Å². The molecule has 0 bridgehead atoms. The minimum atomic E-state index is -0.467. The Morgan fingerprint density at radius 1 is 1.15 bits per heavy atom. The quantitative estimate of drug-likeness (QED) is 0.746. The molecule has 1 aliphatic heterocycles. The van der Waals surface area contributed by atoms with Crippen molar-refractivity contribution in [1.29, 1.82) is 0 Å². The first kappa shape index (κ1) is 17.1. The van der Waals surface area contributed by atoms with Crippen LogP contribution in [0.4, 0.5) is 5.69 Å². The lowest BCUT2D eigenvalue weighted by atomic mass is 10.2. The number of carbonyl (C=O) groups is 2. The van der Waals surface area contributed by atoms with Gasteiger partial charge in [0, 0.05) is 23.1 Å². The van der Waals surface area contributed by atoms with Crippen molar-refractivity contribution >= 4 is 28.4 Å². The van der Waals surface area contributed by atoms with Gasteiger partial charge in [0.2, 0.25) is 5.91 Å². The molecule has 2 amide bonds. The molecule has 0 radical (unpaired) electrons. The van der Waals surface area contributed by atoms with Gasteiger partial charge < -0.3 is 19.9 Å². The molecule has 1 atom stereocenters. The van der Waals surface area contributed by atoms with E-state index >= 15 is 0 Å². The summed E-state index contributed by atoms with van der Waals surface area (Å²) < 4.78 is 5.13. The Hall–Kier alpha value is -3.28. The summed E-state index contributed by atoms with van der Waals surface area (Å²) in [7, 11) is 1.60. The average Bonchev–Trinajstić information content (AvgIpc) is 3.35. The van der Waals surface area contributed by atoms with E-state index in [-0.39, 0.29) is 11.8 Å². The first-order valence-corrected chi connectivity index (χ1v) is 8.99. The second kappa shape index (κ2) is 7.15. The Morgan fingerprint density at radius 3 is 2.67 bits per heavy atom. The maximum atomic E-state index is 13.0. The lowest BCUT2D eigenvalue weighted by Gasteiger charge is -2.23. The molecule has 2 aromatic carbocycles. The van der Waals surface area contributed by atoms with Crippen LogP contribution in [0.25, 0.3) is 10.9 Å². The number of nitrogens with one attached hydrogen (secondary N) is 2. The maximum Gasteiger partial charge on any atom is 0.270 e.